The number of nitrogens with zero attached hydrogens (tertiary/aromatic N) is 1. The Balaban J connectivity index is 1.51. The summed E-state index contributed by atoms with van der Waals surface area (Å²) in [5.41, 5.74) is 4.19. The van der Waals surface area contributed by atoms with E-state index in [1.165, 1.54) is 19.2 Å². The number of anilines is 1. The van der Waals surface area contributed by atoms with Crippen molar-refractivity contribution in [1.29, 1.82) is 0 Å². The van der Waals surface area contributed by atoms with Crippen molar-refractivity contribution >= 4 is 29.1 Å². The first-order chi connectivity index (χ1) is 17.2. The van der Waals surface area contributed by atoms with E-state index < -0.39 is 5.97 Å². The second-order valence-corrected chi connectivity index (χ2v) is 9.27. The van der Waals surface area contributed by atoms with Crippen LogP contribution in [-0.4, -0.2) is 43.1 Å². The highest BCUT2D eigenvalue weighted by Crippen LogP contribution is 2.31. The van der Waals surface area contributed by atoms with Gasteiger partial charge in [-0.15, -0.1) is 0 Å². The fourth-order valence-corrected chi connectivity index (χ4v) is 4.27. The molecule has 0 unspecified atom stereocenters. The molecule has 0 spiro atoms. The number of methoxy groups -OCH3 is 2. The lowest BCUT2D eigenvalue weighted by Gasteiger charge is -2.29. The molecule has 36 heavy (non-hydrogen) atoms. The van der Waals surface area contributed by atoms with E-state index in [2.05, 4.69) is 23.9 Å². The average Bonchev–Trinajstić information content (AvgIpc) is 2.87. The largest absolute Gasteiger partial charge is 0.497 e. The molecule has 1 N–H and O–H groups in total. The van der Waals surface area contributed by atoms with Crippen molar-refractivity contribution < 1.29 is 23.9 Å². The topological polar surface area (TPSA) is 94.1 Å². The summed E-state index contributed by atoms with van der Waals surface area (Å²) in [6.45, 7) is 4.11. The summed E-state index contributed by atoms with van der Waals surface area (Å²) in [7, 11) is 2.92. The van der Waals surface area contributed by atoms with Crippen LogP contribution in [0.5, 0.6) is 5.75 Å². The molecule has 1 aliphatic heterocycles. The number of ketones is 1. The van der Waals surface area contributed by atoms with Crippen LogP contribution in [0.2, 0.25) is 0 Å². The molecule has 0 fully saturated rings. The maximum Gasteiger partial charge on any atom is 0.337 e. The van der Waals surface area contributed by atoms with Crippen molar-refractivity contribution in [2.75, 3.05) is 19.5 Å². The van der Waals surface area contributed by atoms with Crippen LogP contribution < -0.4 is 10.1 Å². The van der Waals surface area contributed by atoms with Crippen molar-refractivity contribution in [3.8, 4) is 5.75 Å². The van der Waals surface area contributed by atoms with Gasteiger partial charge in [-0.3, -0.25) is 14.6 Å². The van der Waals surface area contributed by atoms with Gasteiger partial charge in [-0.2, -0.15) is 0 Å². The first kappa shape index (κ1) is 24.9. The van der Waals surface area contributed by atoms with Gasteiger partial charge < -0.3 is 14.8 Å². The zero-order valence-corrected chi connectivity index (χ0v) is 20.8. The number of ether oxygens (including phenoxy) is 2. The third-order valence-corrected chi connectivity index (χ3v) is 6.03. The number of fused-ring (bicyclic) bond motifs is 1. The molecule has 184 valence electrons. The summed E-state index contributed by atoms with van der Waals surface area (Å²) >= 11 is 0. The lowest BCUT2D eigenvalue weighted by atomic mass is 9.85. The highest BCUT2D eigenvalue weighted by atomic mass is 16.5. The quantitative estimate of drug-likeness (QED) is 0.371. The van der Waals surface area contributed by atoms with Crippen LogP contribution in [0, 0.1) is 0 Å². The number of aliphatic imine (C=N–C) groups is 1. The molecular formula is C29H28N2O5. The highest BCUT2D eigenvalue weighted by Gasteiger charge is 2.28. The van der Waals surface area contributed by atoms with E-state index in [4.69, 9.17) is 9.73 Å². The summed E-state index contributed by atoms with van der Waals surface area (Å²) in [4.78, 5) is 42.4. The Morgan fingerprint density at radius 1 is 0.917 bits per heavy atom. The number of esters is 1. The summed E-state index contributed by atoms with van der Waals surface area (Å²) in [6.07, 6.45) is 0.919. The molecule has 0 atom stereocenters. The molecule has 1 heterocycles. The summed E-state index contributed by atoms with van der Waals surface area (Å²) < 4.78 is 10.1. The molecule has 3 aromatic rings. The van der Waals surface area contributed by atoms with Crippen molar-refractivity contribution in [3.63, 3.8) is 0 Å². The minimum Gasteiger partial charge on any atom is -0.497 e. The van der Waals surface area contributed by atoms with Gasteiger partial charge in [0.05, 0.1) is 37.5 Å². The maximum atomic E-state index is 13.3. The molecule has 7 nitrogen and oxygen atoms in total. The second kappa shape index (κ2) is 10.2. The van der Waals surface area contributed by atoms with E-state index in [-0.39, 0.29) is 23.7 Å². The van der Waals surface area contributed by atoms with Gasteiger partial charge in [-0.05, 0) is 74.4 Å². The van der Waals surface area contributed by atoms with E-state index in [9.17, 15) is 14.4 Å². The van der Waals surface area contributed by atoms with Crippen LogP contribution in [0.1, 0.15) is 62.5 Å². The third-order valence-electron chi connectivity index (χ3n) is 6.03. The van der Waals surface area contributed by atoms with E-state index in [1.807, 2.05) is 18.2 Å². The maximum absolute atomic E-state index is 13.3. The van der Waals surface area contributed by atoms with Gasteiger partial charge >= 0.3 is 5.97 Å². The Morgan fingerprint density at radius 2 is 1.64 bits per heavy atom. The second-order valence-electron chi connectivity index (χ2n) is 9.27. The predicted octanol–water partition coefficient (Wildman–Crippen LogP) is 5.13. The minimum atomic E-state index is -0.472. The van der Waals surface area contributed by atoms with Crippen molar-refractivity contribution in [2.45, 2.75) is 32.2 Å². The number of Topliss-reactive ketones (excluding diaryl/α,β-unsaturated/α-hetero) is 1. The van der Waals surface area contributed by atoms with Gasteiger partial charge in [0.15, 0.2) is 5.78 Å². The number of nitrogens with one attached hydrogen (secondary N) is 1. The molecule has 1 amide bonds. The van der Waals surface area contributed by atoms with Crippen molar-refractivity contribution in [3.05, 3.63) is 94.5 Å². The molecule has 0 saturated carbocycles. The number of amides is 1. The molecular weight excluding hydrogens is 456 g/mol. The zero-order chi connectivity index (χ0) is 25.9. The number of benzene rings is 3. The van der Waals surface area contributed by atoms with Gasteiger partial charge in [-0.1, -0.05) is 18.2 Å². The Morgan fingerprint density at radius 3 is 2.33 bits per heavy atom. The van der Waals surface area contributed by atoms with E-state index in [0.29, 0.717) is 22.4 Å². The average molecular weight is 485 g/mol. The number of carbonyl (C=O) groups excluding carboxylic acids is 3. The van der Waals surface area contributed by atoms with E-state index >= 15 is 0 Å². The molecule has 0 aliphatic carbocycles. The van der Waals surface area contributed by atoms with Crippen LogP contribution in [0.3, 0.4) is 0 Å². The first-order valence-corrected chi connectivity index (χ1v) is 11.6. The zero-order valence-electron chi connectivity index (χ0n) is 20.8. The fourth-order valence-electron chi connectivity index (χ4n) is 4.27. The smallest absolute Gasteiger partial charge is 0.337 e. The van der Waals surface area contributed by atoms with Gasteiger partial charge in [0.25, 0.3) is 5.91 Å². The lowest BCUT2D eigenvalue weighted by molar-refractivity contribution is 0.0600. The van der Waals surface area contributed by atoms with Crippen LogP contribution in [0.25, 0.3) is 0 Å². The third kappa shape index (κ3) is 5.51. The van der Waals surface area contributed by atoms with Crippen LogP contribution >= 0.6 is 0 Å². The van der Waals surface area contributed by atoms with Crippen LogP contribution in [-0.2, 0) is 11.2 Å². The summed E-state index contributed by atoms with van der Waals surface area (Å²) in [5.74, 6) is -0.202. The Hall–Kier alpha value is -4.26. The van der Waals surface area contributed by atoms with Gasteiger partial charge in [0.1, 0.15) is 5.75 Å². The normalized spacial score (nSPS) is 13.7. The first-order valence-electron chi connectivity index (χ1n) is 11.6. The SMILES string of the molecule is COC(=O)c1ccc(C(=O)Nc2cccc(C(=O)CC3=NC(C)(C)Cc4ccc(OC)cc43)c2)cc1. The van der Waals surface area contributed by atoms with Crippen molar-refractivity contribution in [2.24, 2.45) is 4.99 Å². The van der Waals surface area contributed by atoms with Gasteiger partial charge in [0.2, 0.25) is 0 Å². The van der Waals surface area contributed by atoms with E-state index in [0.717, 1.165) is 29.0 Å². The minimum absolute atomic E-state index is 0.0984. The Bertz CT molecular complexity index is 1360. The molecule has 1 aliphatic rings. The van der Waals surface area contributed by atoms with Gasteiger partial charge in [-0.25, -0.2) is 4.79 Å². The molecule has 7 heteroatoms. The molecule has 4 rings (SSSR count). The molecule has 0 radical (unpaired) electrons. The lowest BCUT2D eigenvalue weighted by Crippen LogP contribution is -2.30. The number of carbonyl (C=O) groups is 3. The summed E-state index contributed by atoms with van der Waals surface area (Å²) in [6, 6.07) is 18.9. The van der Waals surface area contributed by atoms with Gasteiger partial charge in [0, 0.05) is 22.4 Å². The van der Waals surface area contributed by atoms with Crippen molar-refractivity contribution in [1.82, 2.24) is 0 Å². The number of hydrogen-bond acceptors (Lipinski definition) is 6. The fraction of sp³-hybridized carbons (Fsp3) is 0.241. The van der Waals surface area contributed by atoms with Crippen LogP contribution in [0.15, 0.2) is 71.7 Å². The van der Waals surface area contributed by atoms with Crippen LogP contribution in [0.4, 0.5) is 5.69 Å². The predicted molar refractivity (Wildman–Crippen MR) is 138 cm³/mol. The Kier molecular flexibility index (Phi) is 7.01. The monoisotopic (exact) mass is 484 g/mol. The number of rotatable bonds is 7. The molecule has 0 saturated heterocycles. The number of hydrogen-bond donors (Lipinski definition) is 1. The Labute approximate surface area is 210 Å². The molecule has 0 aromatic heterocycles. The van der Waals surface area contributed by atoms with E-state index in [1.54, 1.807) is 43.5 Å². The standard InChI is InChI=1S/C29H28N2O5/c1-29(2)17-21-12-13-23(35-3)15-24(21)25(31-29)16-26(32)20-6-5-7-22(14-20)30-27(33)18-8-10-19(11-9-18)28(34)36-4/h5-15H,16-17H2,1-4H3,(H,30,33). The molecule has 3 aromatic carbocycles. The molecule has 0 bridgehead atoms. The highest BCUT2D eigenvalue weighted by molar-refractivity contribution is 6.17. The summed E-state index contributed by atoms with van der Waals surface area (Å²) in [5, 5.41) is 2.81.